The van der Waals surface area contributed by atoms with Crippen LogP contribution in [0.2, 0.25) is 0 Å². The molecule has 10 heteroatoms. The Morgan fingerprint density at radius 3 is 2.57 bits per heavy atom. The van der Waals surface area contributed by atoms with Gasteiger partial charge in [0.15, 0.2) is 0 Å². The first-order valence-electron chi connectivity index (χ1n) is 5.95. The number of hydrogen-bond donors (Lipinski definition) is 0. The fourth-order valence-electron chi connectivity index (χ4n) is 1.59. The first kappa shape index (κ1) is 15.7. The minimum Gasteiger partial charge on any atom is -0.344 e. The van der Waals surface area contributed by atoms with Crippen molar-refractivity contribution in [2.45, 2.75) is 17.7 Å². The van der Waals surface area contributed by atoms with Crippen LogP contribution in [-0.2, 0) is 24.7 Å². The molecule has 0 unspecified atom stereocenters. The van der Waals surface area contributed by atoms with Crippen LogP contribution >= 0.6 is 11.8 Å². The lowest BCUT2D eigenvalue weighted by Crippen LogP contribution is -2.11. The van der Waals surface area contributed by atoms with Crippen LogP contribution in [0.3, 0.4) is 0 Å². The number of alkyl halides is 3. The van der Waals surface area contributed by atoms with E-state index in [4.69, 9.17) is 4.52 Å². The summed E-state index contributed by atoms with van der Waals surface area (Å²) in [6.45, 7) is 0. The van der Waals surface area contributed by atoms with Crippen molar-refractivity contribution in [3.05, 3.63) is 23.3 Å². The Hall–Kier alpha value is -1.71. The fraction of sp³-hybridized carbons (Fsp3) is 0.545. The molecule has 0 fully saturated rings. The van der Waals surface area contributed by atoms with Gasteiger partial charge in [-0.05, 0) is 11.2 Å². The standard InChI is InChI=1S/C11H14F3N5OS/c1-18(2)10-15-9(20-17-10)6-21-5-7-4-8(11(12,13)14)19(3)16-7/h4H,5-6H2,1-3H3. The van der Waals surface area contributed by atoms with Gasteiger partial charge in [-0.1, -0.05) is 0 Å². The summed E-state index contributed by atoms with van der Waals surface area (Å²) in [5.74, 6) is 1.64. The summed E-state index contributed by atoms with van der Waals surface area (Å²) in [4.78, 5) is 5.83. The highest BCUT2D eigenvalue weighted by Gasteiger charge is 2.34. The molecule has 2 aromatic rings. The zero-order chi connectivity index (χ0) is 15.6. The monoisotopic (exact) mass is 321 g/mol. The molecular formula is C11H14F3N5OS. The van der Waals surface area contributed by atoms with E-state index < -0.39 is 11.9 Å². The Balaban J connectivity index is 1.91. The fourth-order valence-corrected chi connectivity index (χ4v) is 2.34. The third-order valence-corrected chi connectivity index (χ3v) is 3.50. The smallest absolute Gasteiger partial charge is 0.344 e. The quantitative estimate of drug-likeness (QED) is 0.842. The molecule has 0 bridgehead atoms. The molecule has 116 valence electrons. The lowest BCUT2D eigenvalue weighted by Gasteiger charge is -2.04. The van der Waals surface area contributed by atoms with Crippen LogP contribution in [-0.4, -0.2) is 34.0 Å². The summed E-state index contributed by atoms with van der Waals surface area (Å²) in [6, 6.07) is 1.05. The molecular weight excluding hydrogens is 307 g/mol. The van der Waals surface area contributed by atoms with Crippen molar-refractivity contribution < 1.29 is 17.7 Å². The molecule has 0 aliphatic rings. The molecule has 0 radical (unpaired) electrons. The molecule has 21 heavy (non-hydrogen) atoms. The van der Waals surface area contributed by atoms with Crippen molar-refractivity contribution in [3.63, 3.8) is 0 Å². The molecule has 2 rings (SSSR count). The highest BCUT2D eigenvalue weighted by molar-refractivity contribution is 7.97. The molecule has 0 atom stereocenters. The number of rotatable bonds is 5. The van der Waals surface area contributed by atoms with E-state index in [9.17, 15) is 13.2 Å². The summed E-state index contributed by atoms with van der Waals surface area (Å²) in [7, 11) is 4.85. The molecule has 0 N–H and O–H groups in total. The van der Waals surface area contributed by atoms with Gasteiger partial charge in [-0.25, -0.2) is 0 Å². The van der Waals surface area contributed by atoms with E-state index in [1.165, 1.54) is 18.8 Å². The van der Waals surface area contributed by atoms with Gasteiger partial charge in [-0.2, -0.15) is 23.3 Å². The Morgan fingerprint density at radius 1 is 1.33 bits per heavy atom. The van der Waals surface area contributed by atoms with Gasteiger partial charge in [0.05, 0.1) is 11.4 Å². The molecule has 0 aliphatic heterocycles. The minimum absolute atomic E-state index is 0.337. The number of hydrogen-bond acceptors (Lipinski definition) is 6. The van der Waals surface area contributed by atoms with Gasteiger partial charge in [0.1, 0.15) is 5.69 Å². The second kappa shape index (κ2) is 5.96. The molecule has 0 aromatic carbocycles. The second-order valence-corrected chi connectivity index (χ2v) is 5.50. The SMILES string of the molecule is CN(C)c1noc(CSCc2cc(C(F)(F)F)n(C)n2)n1. The molecule has 0 amide bonds. The number of thioether (sulfide) groups is 1. The number of nitrogens with zero attached hydrogens (tertiary/aromatic N) is 5. The number of anilines is 1. The van der Waals surface area contributed by atoms with Crippen molar-refractivity contribution in [3.8, 4) is 0 Å². The van der Waals surface area contributed by atoms with E-state index in [2.05, 4.69) is 15.2 Å². The summed E-state index contributed by atoms with van der Waals surface area (Å²) in [5, 5.41) is 7.59. The molecule has 0 spiro atoms. The molecule has 0 saturated heterocycles. The number of aryl methyl sites for hydroxylation is 1. The van der Waals surface area contributed by atoms with Crippen LogP contribution in [0.4, 0.5) is 19.1 Å². The average molecular weight is 321 g/mol. The van der Waals surface area contributed by atoms with Crippen molar-refractivity contribution >= 4 is 17.7 Å². The van der Waals surface area contributed by atoms with Gasteiger partial charge in [-0.3, -0.25) is 4.68 Å². The summed E-state index contributed by atoms with van der Waals surface area (Å²) >= 11 is 1.36. The molecule has 2 heterocycles. The number of aromatic nitrogens is 4. The zero-order valence-corrected chi connectivity index (χ0v) is 12.5. The Bertz CT molecular complexity index is 607. The normalized spacial score (nSPS) is 11.9. The van der Waals surface area contributed by atoms with Crippen molar-refractivity contribution in [1.82, 2.24) is 19.9 Å². The van der Waals surface area contributed by atoms with Crippen LogP contribution in [0.1, 0.15) is 17.3 Å². The van der Waals surface area contributed by atoms with E-state index in [1.54, 1.807) is 19.0 Å². The highest BCUT2D eigenvalue weighted by atomic mass is 32.2. The second-order valence-electron chi connectivity index (χ2n) is 4.52. The summed E-state index contributed by atoms with van der Waals surface area (Å²) in [6.07, 6.45) is -4.39. The average Bonchev–Trinajstić information content (AvgIpc) is 2.95. The molecule has 6 nitrogen and oxygen atoms in total. The third kappa shape index (κ3) is 3.90. The van der Waals surface area contributed by atoms with Crippen LogP contribution in [0.5, 0.6) is 0 Å². The minimum atomic E-state index is -4.39. The lowest BCUT2D eigenvalue weighted by atomic mass is 10.3. The van der Waals surface area contributed by atoms with Crippen molar-refractivity contribution in [2.24, 2.45) is 7.05 Å². The van der Waals surface area contributed by atoms with E-state index in [-0.39, 0.29) is 0 Å². The van der Waals surface area contributed by atoms with Gasteiger partial charge in [0.2, 0.25) is 5.89 Å². The lowest BCUT2D eigenvalue weighted by molar-refractivity contribution is -0.143. The van der Waals surface area contributed by atoms with Crippen LogP contribution in [0, 0.1) is 0 Å². The molecule has 0 aliphatic carbocycles. The Morgan fingerprint density at radius 2 is 2.05 bits per heavy atom. The van der Waals surface area contributed by atoms with Gasteiger partial charge in [-0.15, -0.1) is 11.8 Å². The summed E-state index contributed by atoms with van der Waals surface area (Å²) in [5.41, 5.74) is -0.395. The highest BCUT2D eigenvalue weighted by Crippen LogP contribution is 2.30. The predicted molar refractivity (Wildman–Crippen MR) is 71.8 cm³/mol. The predicted octanol–water partition coefficient (Wildman–Crippen LogP) is 2.32. The first-order chi connectivity index (χ1) is 9.77. The van der Waals surface area contributed by atoms with Gasteiger partial charge in [0, 0.05) is 26.9 Å². The van der Waals surface area contributed by atoms with E-state index in [1.807, 2.05) is 0 Å². The van der Waals surface area contributed by atoms with Crippen LogP contribution in [0.15, 0.2) is 10.6 Å². The van der Waals surface area contributed by atoms with Crippen molar-refractivity contribution in [2.75, 3.05) is 19.0 Å². The van der Waals surface area contributed by atoms with Crippen LogP contribution in [0.25, 0.3) is 0 Å². The van der Waals surface area contributed by atoms with Crippen molar-refractivity contribution in [1.29, 1.82) is 0 Å². The van der Waals surface area contributed by atoms with E-state index >= 15 is 0 Å². The number of halogens is 3. The Labute approximate surface area is 123 Å². The van der Waals surface area contributed by atoms with Gasteiger partial charge in [0.25, 0.3) is 5.95 Å². The van der Waals surface area contributed by atoms with Gasteiger partial charge < -0.3 is 9.42 Å². The maximum Gasteiger partial charge on any atom is 0.433 e. The zero-order valence-electron chi connectivity index (χ0n) is 11.7. The first-order valence-corrected chi connectivity index (χ1v) is 7.10. The van der Waals surface area contributed by atoms with Crippen LogP contribution < -0.4 is 4.90 Å². The molecule has 2 aromatic heterocycles. The third-order valence-electron chi connectivity index (χ3n) is 2.55. The topological polar surface area (TPSA) is 60.0 Å². The molecule has 0 saturated carbocycles. The van der Waals surface area contributed by atoms with Gasteiger partial charge >= 0.3 is 6.18 Å². The maximum absolute atomic E-state index is 12.6. The van der Waals surface area contributed by atoms with E-state index in [0.29, 0.717) is 29.0 Å². The van der Waals surface area contributed by atoms with E-state index in [0.717, 1.165) is 10.7 Å². The Kier molecular flexibility index (Phi) is 4.45. The summed E-state index contributed by atoms with van der Waals surface area (Å²) < 4.78 is 43.7. The maximum atomic E-state index is 12.6. The largest absolute Gasteiger partial charge is 0.433 e.